The number of fused-ring (bicyclic) bond motifs is 1. The zero-order valence-electron chi connectivity index (χ0n) is 18.6. The molecule has 0 bridgehead atoms. The number of nitrogens with zero attached hydrogens (tertiary/aromatic N) is 3. The summed E-state index contributed by atoms with van der Waals surface area (Å²) in [7, 11) is -3.26. The number of carbonyl (C=O) groups is 1. The lowest BCUT2D eigenvalue weighted by molar-refractivity contribution is 0.0126. The van der Waals surface area contributed by atoms with Gasteiger partial charge in [0, 0.05) is 49.2 Å². The second-order valence-corrected chi connectivity index (χ2v) is 11.8. The highest BCUT2D eigenvalue weighted by atomic mass is 32.2. The fourth-order valence-electron chi connectivity index (χ4n) is 3.59. The Morgan fingerprint density at radius 3 is 2.56 bits per heavy atom. The van der Waals surface area contributed by atoms with Crippen LogP contribution in [0.2, 0.25) is 0 Å². The zero-order valence-corrected chi connectivity index (χ0v) is 20.2. The fraction of sp³-hybridized carbons (Fsp3) is 0.455. The van der Waals surface area contributed by atoms with E-state index in [4.69, 9.17) is 9.47 Å². The van der Waals surface area contributed by atoms with Crippen LogP contribution in [0.3, 0.4) is 0 Å². The number of ether oxygens (including phenoxy) is 2. The van der Waals surface area contributed by atoms with Gasteiger partial charge in [-0.05, 0) is 45.0 Å². The minimum absolute atomic E-state index is 0.00795. The first-order chi connectivity index (χ1) is 15.0. The molecule has 172 valence electrons. The topological polar surface area (TPSA) is 90.7 Å². The highest BCUT2D eigenvalue weighted by Crippen LogP contribution is 2.28. The standard InChI is InChI=1S/C22H27N3O5S2/c1-22(2,3)30-21(26)24-10-8-16(9-11-24)29-20-23-19(14-31-20)25-12-7-15-13-17(32(4,27)28)5-6-18(15)25/h5-7,12-14,16H,8-11H2,1-4H3. The molecule has 0 atom stereocenters. The zero-order chi connectivity index (χ0) is 23.1. The van der Waals surface area contributed by atoms with Crippen molar-refractivity contribution in [3.8, 4) is 11.0 Å². The van der Waals surface area contributed by atoms with Crippen LogP contribution in [0.1, 0.15) is 33.6 Å². The molecule has 2 aromatic heterocycles. The van der Waals surface area contributed by atoms with Gasteiger partial charge in [-0.1, -0.05) is 11.3 Å². The van der Waals surface area contributed by atoms with Gasteiger partial charge in [0.1, 0.15) is 11.7 Å². The Hall–Kier alpha value is -2.59. The maximum absolute atomic E-state index is 12.2. The molecule has 32 heavy (non-hydrogen) atoms. The summed E-state index contributed by atoms with van der Waals surface area (Å²) in [6.45, 7) is 6.75. The molecule has 0 aliphatic carbocycles. The Morgan fingerprint density at radius 1 is 1.19 bits per heavy atom. The van der Waals surface area contributed by atoms with Gasteiger partial charge in [-0.25, -0.2) is 13.2 Å². The van der Waals surface area contributed by atoms with Gasteiger partial charge in [0.15, 0.2) is 15.7 Å². The molecule has 0 radical (unpaired) electrons. The van der Waals surface area contributed by atoms with E-state index in [2.05, 4.69) is 4.98 Å². The second kappa shape index (κ2) is 8.40. The van der Waals surface area contributed by atoms with Gasteiger partial charge in [-0.2, -0.15) is 4.98 Å². The van der Waals surface area contributed by atoms with Crippen LogP contribution in [0.15, 0.2) is 40.7 Å². The summed E-state index contributed by atoms with van der Waals surface area (Å²) in [6.07, 6.45) is 4.21. The Kier molecular flexibility index (Phi) is 5.93. The maximum atomic E-state index is 12.2. The molecule has 1 saturated heterocycles. The number of rotatable bonds is 4. The Labute approximate surface area is 191 Å². The van der Waals surface area contributed by atoms with Crippen LogP contribution >= 0.6 is 11.3 Å². The van der Waals surface area contributed by atoms with Gasteiger partial charge in [-0.3, -0.25) is 0 Å². The molecule has 10 heteroatoms. The predicted molar refractivity (Wildman–Crippen MR) is 124 cm³/mol. The van der Waals surface area contributed by atoms with Crippen LogP contribution in [-0.2, 0) is 14.6 Å². The van der Waals surface area contributed by atoms with Crippen molar-refractivity contribution in [3.63, 3.8) is 0 Å². The summed E-state index contributed by atoms with van der Waals surface area (Å²) in [5, 5.41) is 3.32. The number of thiazole rings is 1. The summed E-state index contributed by atoms with van der Waals surface area (Å²) in [5.41, 5.74) is 0.372. The normalized spacial score (nSPS) is 15.8. The lowest BCUT2D eigenvalue weighted by Gasteiger charge is -2.33. The van der Waals surface area contributed by atoms with E-state index >= 15 is 0 Å². The molecule has 3 heterocycles. The van der Waals surface area contributed by atoms with Crippen LogP contribution in [0.5, 0.6) is 5.19 Å². The minimum atomic E-state index is -3.26. The number of piperidine rings is 1. The van der Waals surface area contributed by atoms with Crippen molar-refractivity contribution in [1.82, 2.24) is 14.5 Å². The number of hydrogen-bond acceptors (Lipinski definition) is 7. The Balaban J connectivity index is 1.40. The van der Waals surface area contributed by atoms with E-state index in [1.54, 1.807) is 23.1 Å². The van der Waals surface area contributed by atoms with Gasteiger partial charge in [0.05, 0.1) is 10.4 Å². The van der Waals surface area contributed by atoms with Gasteiger partial charge in [-0.15, -0.1) is 0 Å². The number of sulfone groups is 1. The number of aromatic nitrogens is 2. The van der Waals surface area contributed by atoms with Crippen molar-refractivity contribution in [1.29, 1.82) is 0 Å². The van der Waals surface area contributed by atoms with Crippen molar-refractivity contribution in [2.24, 2.45) is 0 Å². The summed E-state index contributed by atoms with van der Waals surface area (Å²) >= 11 is 1.42. The van der Waals surface area contributed by atoms with E-state index in [1.165, 1.54) is 17.6 Å². The molecule has 0 saturated carbocycles. The average Bonchev–Trinajstić information content (AvgIpc) is 3.32. The summed E-state index contributed by atoms with van der Waals surface area (Å²) in [5.74, 6) is 0.721. The smallest absolute Gasteiger partial charge is 0.410 e. The van der Waals surface area contributed by atoms with Crippen LogP contribution < -0.4 is 4.74 Å². The van der Waals surface area contributed by atoms with E-state index in [0.717, 1.165) is 29.6 Å². The van der Waals surface area contributed by atoms with Gasteiger partial charge < -0.3 is 18.9 Å². The Bertz CT molecular complexity index is 1230. The van der Waals surface area contributed by atoms with Gasteiger partial charge in [0.25, 0.3) is 5.19 Å². The number of benzene rings is 1. The number of amides is 1. The molecular weight excluding hydrogens is 450 g/mol. The summed E-state index contributed by atoms with van der Waals surface area (Å²) in [4.78, 5) is 18.8. The van der Waals surface area contributed by atoms with Crippen LogP contribution in [0.4, 0.5) is 4.79 Å². The van der Waals surface area contributed by atoms with E-state index in [-0.39, 0.29) is 12.2 Å². The highest BCUT2D eigenvalue weighted by molar-refractivity contribution is 7.90. The van der Waals surface area contributed by atoms with E-state index in [0.29, 0.717) is 23.2 Å². The van der Waals surface area contributed by atoms with Crippen molar-refractivity contribution < 1.29 is 22.7 Å². The molecule has 1 amide bonds. The molecule has 1 aromatic carbocycles. The molecule has 0 N–H and O–H groups in total. The number of hydrogen-bond donors (Lipinski definition) is 0. The molecule has 0 unspecified atom stereocenters. The van der Waals surface area contributed by atoms with Crippen molar-refractivity contribution in [2.75, 3.05) is 19.3 Å². The first-order valence-corrected chi connectivity index (χ1v) is 13.2. The lowest BCUT2D eigenvalue weighted by atomic mass is 10.1. The third-order valence-corrected chi connectivity index (χ3v) is 7.00. The second-order valence-electron chi connectivity index (χ2n) is 8.93. The monoisotopic (exact) mass is 477 g/mol. The van der Waals surface area contributed by atoms with Crippen molar-refractivity contribution in [2.45, 2.75) is 50.2 Å². The molecule has 1 fully saturated rings. The first kappa shape index (κ1) is 22.6. The number of likely N-dealkylation sites (tertiary alicyclic amines) is 1. The highest BCUT2D eigenvalue weighted by Gasteiger charge is 2.28. The third-order valence-electron chi connectivity index (χ3n) is 5.17. The summed E-state index contributed by atoms with van der Waals surface area (Å²) in [6, 6.07) is 6.94. The average molecular weight is 478 g/mol. The van der Waals surface area contributed by atoms with E-state index in [1.807, 2.05) is 43.0 Å². The quantitative estimate of drug-likeness (QED) is 0.557. The number of carbonyl (C=O) groups excluding carboxylic acids is 1. The van der Waals surface area contributed by atoms with Crippen molar-refractivity contribution in [3.05, 3.63) is 35.8 Å². The molecule has 0 spiro atoms. The molecule has 4 rings (SSSR count). The summed E-state index contributed by atoms with van der Waals surface area (Å²) < 4.78 is 37.0. The van der Waals surface area contributed by atoms with Crippen LogP contribution in [0.25, 0.3) is 16.7 Å². The first-order valence-electron chi connectivity index (χ1n) is 10.4. The molecule has 8 nitrogen and oxygen atoms in total. The molecular formula is C22H27N3O5S2. The third kappa shape index (κ3) is 5.07. The van der Waals surface area contributed by atoms with Crippen LogP contribution in [0, 0.1) is 0 Å². The molecule has 1 aliphatic rings. The van der Waals surface area contributed by atoms with Gasteiger partial charge >= 0.3 is 6.09 Å². The van der Waals surface area contributed by atoms with Crippen LogP contribution in [-0.4, -0.2) is 60.0 Å². The largest absolute Gasteiger partial charge is 0.467 e. The van der Waals surface area contributed by atoms with Gasteiger partial charge in [0.2, 0.25) is 0 Å². The predicted octanol–water partition coefficient (Wildman–Crippen LogP) is 4.27. The SMILES string of the molecule is CC(C)(C)OC(=O)N1CCC(Oc2nc(-n3ccc4cc(S(C)(=O)=O)ccc43)cs2)CC1. The molecule has 3 aromatic rings. The fourth-order valence-corrected chi connectivity index (χ4v) is 4.96. The Morgan fingerprint density at radius 2 is 1.91 bits per heavy atom. The maximum Gasteiger partial charge on any atom is 0.410 e. The molecule has 1 aliphatic heterocycles. The van der Waals surface area contributed by atoms with E-state index in [9.17, 15) is 13.2 Å². The van der Waals surface area contributed by atoms with E-state index < -0.39 is 15.4 Å². The van der Waals surface area contributed by atoms with Crippen molar-refractivity contribution >= 4 is 38.2 Å². The minimum Gasteiger partial charge on any atom is -0.467 e. The lowest BCUT2D eigenvalue weighted by Crippen LogP contribution is -2.44.